The first-order valence-electron chi connectivity index (χ1n) is 6.68. The molecule has 100 valence electrons. The second-order valence-corrected chi connectivity index (χ2v) is 5.15. The molecular formula is C18H16O2. The van der Waals surface area contributed by atoms with Crippen LogP contribution in [0, 0.1) is 6.92 Å². The highest BCUT2D eigenvalue weighted by atomic mass is 16.6. The Morgan fingerprint density at radius 2 is 1.60 bits per heavy atom. The van der Waals surface area contributed by atoms with Crippen LogP contribution in [0.5, 0.6) is 0 Å². The van der Waals surface area contributed by atoms with Crippen LogP contribution in [0.4, 0.5) is 0 Å². The van der Waals surface area contributed by atoms with Crippen molar-refractivity contribution in [1.82, 2.24) is 0 Å². The Hall–Kier alpha value is -2.35. The molecule has 0 spiro atoms. The second kappa shape index (κ2) is 4.97. The average Bonchev–Trinajstić information content (AvgIpc) is 2.77. The maximum atomic E-state index is 11.9. The van der Waals surface area contributed by atoms with Gasteiger partial charge in [0.05, 0.1) is 5.92 Å². The summed E-state index contributed by atoms with van der Waals surface area (Å²) in [5, 5.41) is 0. The zero-order valence-electron chi connectivity index (χ0n) is 11.4. The molecule has 0 radical (unpaired) electrons. The summed E-state index contributed by atoms with van der Waals surface area (Å²) in [6.07, 6.45) is -0.279. The van der Waals surface area contributed by atoms with Crippen molar-refractivity contribution in [2.24, 2.45) is 0 Å². The number of carbonyl (C=O) groups is 1. The van der Waals surface area contributed by atoms with Gasteiger partial charge < -0.3 is 4.74 Å². The first-order valence-corrected chi connectivity index (χ1v) is 6.68. The summed E-state index contributed by atoms with van der Waals surface area (Å²) in [6.45, 7) is 5.96. The standard InChI is InChI=1S/C18H16O2/c1-12-8-10-14(11-9-12)16-13(2)18(19)20-17(16)15-6-4-3-5-7-15/h3-11,16-17H,2H2,1H3/t16-,17+/m0/s1. The van der Waals surface area contributed by atoms with E-state index in [4.69, 9.17) is 4.74 Å². The van der Waals surface area contributed by atoms with Crippen LogP contribution >= 0.6 is 0 Å². The van der Waals surface area contributed by atoms with Crippen LogP contribution in [0.25, 0.3) is 0 Å². The molecule has 0 aliphatic carbocycles. The molecule has 0 bridgehead atoms. The molecule has 1 aliphatic heterocycles. The largest absolute Gasteiger partial charge is 0.453 e. The van der Waals surface area contributed by atoms with Gasteiger partial charge in [0.25, 0.3) is 0 Å². The van der Waals surface area contributed by atoms with E-state index < -0.39 is 0 Å². The molecule has 2 atom stereocenters. The third-order valence-corrected chi connectivity index (χ3v) is 3.74. The predicted molar refractivity (Wildman–Crippen MR) is 78.3 cm³/mol. The van der Waals surface area contributed by atoms with Crippen LogP contribution in [0.1, 0.15) is 28.7 Å². The van der Waals surface area contributed by atoms with E-state index in [1.54, 1.807) is 0 Å². The molecular weight excluding hydrogens is 248 g/mol. The molecule has 2 aromatic rings. The van der Waals surface area contributed by atoms with Crippen LogP contribution in [0.3, 0.4) is 0 Å². The summed E-state index contributed by atoms with van der Waals surface area (Å²) < 4.78 is 5.52. The number of hydrogen-bond acceptors (Lipinski definition) is 2. The third-order valence-electron chi connectivity index (χ3n) is 3.74. The van der Waals surface area contributed by atoms with Crippen molar-refractivity contribution in [2.75, 3.05) is 0 Å². The molecule has 3 rings (SSSR count). The van der Waals surface area contributed by atoms with Gasteiger partial charge in [0.1, 0.15) is 6.10 Å². The lowest BCUT2D eigenvalue weighted by Gasteiger charge is -2.18. The number of rotatable bonds is 2. The van der Waals surface area contributed by atoms with Crippen molar-refractivity contribution < 1.29 is 9.53 Å². The number of benzene rings is 2. The molecule has 1 saturated heterocycles. The van der Waals surface area contributed by atoms with E-state index in [0.717, 1.165) is 11.1 Å². The molecule has 2 aromatic carbocycles. The summed E-state index contributed by atoms with van der Waals surface area (Å²) in [5.41, 5.74) is 3.80. The van der Waals surface area contributed by atoms with Crippen LogP contribution in [-0.2, 0) is 9.53 Å². The smallest absolute Gasteiger partial charge is 0.334 e. The molecule has 0 N–H and O–H groups in total. The summed E-state index contributed by atoms with van der Waals surface area (Å²) in [6, 6.07) is 18.0. The zero-order chi connectivity index (χ0) is 14.1. The molecule has 0 amide bonds. The van der Waals surface area contributed by atoms with Crippen LogP contribution in [0.2, 0.25) is 0 Å². The first-order chi connectivity index (χ1) is 9.66. The number of esters is 1. The number of carbonyl (C=O) groups excluding carboxylic acids is 1. The predicted octanol–water partition coefficient (Wildman–Crippen LogP) is 3.93. The lowest BCUT2D eigenvalue weighted by Crippen LogP contribution is -2.07. The van der Waals surface area contributed by atoms with Crippen molar-refractivity contribution in [3.05, 3.63) is 83.4 Å². The van der Waals surface area contributed by atoms with Crippen LogP contribution in [0.15, 0.2) is 66.7 Å². The second-order valence-electron chi connectivity index (χ2n) is 5.15. The first kappa shape index (κ1) is 12.7. The number of aryl methyl sites for hydroxylation is 1. The maximum absolute atomic E-state index is 11.9. The third kappa shape index (κ3) is 2.14. The van der Waals surface area contributed by atoms with Crippen molar-refractivity contribution in [3.63, 3.8) is 0 Å². The molecule has 1 aliphatic rings. The van der Waals surface area contributed by atoms with Gasteiger partial charge in [-0.1, -0.05) is 66.7 Å². The van der Waals surface area contributed by atoms with E-state index in [1.165, 1.54) is 5.56 Å². The van der Waals surface area contributed by atoms with E-state index in [1.807, 2.05) is 61.5 Å². The molecule has 0 saturated carbocycles. The van der Waals surface area contributed by atoms with E-state index in [9.17, 15) is 4.79 Å². The maximum Gasteiger partial charge on any atom is 0.334 e. The molecule has 20 heavy (non-hydrogen) atoms. The average molecular weight is 264 g/mol. The quantitative estimate of drug-likeness (QED) is 0.606. The van der Waals surface area contributed by atoms with Crippen molar-refractivity contribution in [1.29, 1.82) is 0 Å². The SMILES string of the molecule is C=C1C(=O)O[C@H](c2ccccc2)[C@@H]1c1ccc(C)cc1. The topological polar surface area (TPSA) is 26.3 Å². The fourth-order valence-corrected chi connectivity index (χ4v) is 2.62. The summed E-state index contributed by atoms with van der Waals surface area (Å²) in [4.78, 5) is 11.9. The van der Waals surface area contributed by atoms with Gasteiger partial charge in [-0.05, 0) is 18.1 Å². The van der Waals surface area contributed by atoms with Crippen molar-refractivity contribution in [2.45, 2.75) is 18.9 Å². The van der Waals surface area contributed by atoms with Gasteiger partial charge in [0.15, 0.2) is 0 Å². The van der Waals surface area contributed by atoms with Gasteiger partial charge in [-0.25, -0.2) is 4.79 Å². The van der Waals surface area contributed by atoms with Gasteiger partial charge in [0.2, 0.25) is 0 Å². The number of ether oxygens (including phenoxy) is 1. The molecule has 2 heteroatoms. The number of hydrogen-bond donors (Lipinski definition) is 0. The minimum absolute atomic E-state index is 0.106. The summed E-state index contributed by atoms with van der Waals surface area (Å²) in [7, 11) is 0. The Kier molecular flexibility index (Phi) is 3.15. The fraction of sp³-hybridized carbons (Fsp3) is 0.167. The van der Waals surface area contributed by atoms with E-state index in [-0.39, 0.29) is 18.0 Å². The Bertz CT molecular complexity index is 641. The van der Waals surface area contributed by atoms with E-state index >= 15 is 0 Å². The molecule has 0 aromatic heterocycles. The van der Waals surface area contributed by atoms with Gasteiger partial charge in [0, 0.05) is 5.57 Å². The fourth-order valence-electron chi connectivity index (χ4n) is 2.62. The van der Waals surface area contributed by atoms with Gasteiger partial charge in [-0.3, -0.25) is 0 Å². The van der Waals surface area contributed by atoms with Crippen LogP contribution < -0.4 is 0 Å². The minimum atomic E-state index is -0.301. The Balaban J connectivity index is 2.03. The Labute approximate surface area is 118 Å². The minimum Gasteiger partial charge on any atom is -0.453 e. The monoisotopic (exact) mass is 264 g/mol. The summed E-state index contributed by atoms with van der Waals surface area (Å²) >= 11 is 0. The summed E-state index contributed by atoms with van der Waals surface area (Å²) in [5.74, 6) is -0.407. The highest BCUT2D eigenvalue weighted by Gasteiger charge is 2.40. The van der Waals surface area contributed by atoms with Crippen molar-refractivity contribution >= 4 is 5.97 Å². The normalized spacial score (nSPS) is 21.9. The van der Waals surface area contributed by atoms with Crippen molar-refractivity contribution in [3.8, 4) is 0 Å². The highest BCUT2D eigenvalue weighted by molar-refractivity contribution is 5.92. The Morgan fingerprint density at radius 1 is 0.950 bits per heavy atom. The lowest BCUT2D eigenvalue weighted by molar-refractivity contribution is -0.139. The van der Waals surface area contributed by atoms with E-state index in [2.05, 4.69) is 6.58 Å². The zero-order valence-corrected chi connectivity index (χ0v) is 11.4. The van der Waals surface area contributed by atoms with Crippen LogP contribution in [-0.4, -0.2) is 5.97 Å². The molecule has 2 nitrogen and oxygen atoms in total. The lowest BCUT2D eigenvalue weighted by atomic mass is 9.86. The van der Waals surface area contributed by atoms with Gasteiger partial charge >= 0.3 is 5.97 Å². The molecule has 1 heterocycles. The molecule has 0 unspecified atom stereocenters. The highest BCUT2D eigenvalue weighted by Crippen LogP contribution is 2.44. The number of cyclic esters (lactones) is 1. The van der Waals surface area contributed by atoms with E-state index in [0.29, 0.717) is 5.57 Å². The van der Waals surface area contributed by atoms with Gasteiger partial charge in [-0.15, -0.1) is 0 Å². The Morgan fingerprint density at radius 3 is 2.25 bits per heavy atom. The molecule has 1 fully saturated rings. The van der Waals surface area contributed by atoms with Gasteiger partial charge in [-0.2, -0.15) is 0 Å².